The molecule has 128 valence electrons. The van der Waals surface area contributed by atoms with Crippen molar-refractivity contribution in [2.24, 2.45) is 0 Å². The zero-order chi connectivity index (χ0) is 17.9. The maximum absolute atomic E-state index is 12.4. The molecule has 0 bridgehead atoms. The zero-order valence-corrected chi connectivity index (χ0v) is 15.6. The molecule has 3 nitrogen and oxygen atoms in total. The molecule has 0 heterocycles. The Balaban J connectivity index is 1.99. The average Bonchev–Trinajstić information content (AvgIpc) is 2.53. The lowest BCUT2D eigenvalue weighted by Crippen LogP contribution is -2.37. The monoisotopic (exact) mass is 345 g/mol. The van der Waals surface area contributed by atoms with Crippen LogP contribution in [0.3, 0.4) is 0 Å². The number of ether oxygens (including phenoxy) is 1. The van der Waals surface area contributed by atoms with Crippen LogP contribution in [0.4, 0.5) is 0 Å². The predicted octanol–water partition coefficient (Wildman–Crippen LogP) is 4.91. The second-order valence-corrected chi connectivity index (χ2v) is 6.65. The van der Waals surface area contributed by atoms with Gasteiger partial charge in [-0.1, -0.05) is 29.8 Å². The molecule has 0 aliphatic heterocycles. The standard InChI is InChI=1S/C20H24ClNO2/c1-12-6-7-17(10-13(12)2)15(4)22-20(23)16(5)24-18-8-9-19(21)14(3)11-18/h6-11,15-16H,1-5H3,(H,22,23)/t15-,16-/m1/s1. The summed E-state index contributed by atoms with van der Waals surface area (Å²) in [6.07, 6.45) is -0.584. The van der Waals surface area contributed by atoms with Gasteiger partial charge in [-0.05, 0) is 75.1 Å². The minimum atomic E-state index is -0.584. The van der Waals surface area contributed by atoms with E-state index < -0.39 is 6.10 Å². The summed E-state index contributed by atoms with van der Waals surface area (Å²) in [5, 5.41) is 3.68. The van der Waals surface area contributed by atoms with Crippen molar-refractivity contribution in [2.75, 3.05) is 0 Å². The number of amides is 1. The van der Waals surface area contributed by atoms with Crippen molar-refractivity contribution < 1.29 is 9.53 Å². The van der Waals surface area contributed by atoms with Crippen molar-refractivity contribution in [3.8, 4) is 5.75 Å². The van der Waals surface area contributed by atoms with Gasteiger partial charge in [-0.3, -0.25) is 4.79 Å². The molecule has 2 aromatic carbocycles. The van der Waals surface area contributed by atoms with Crippen LogP contribution in [0.1, 0.15) is 42.1 Å². The Bertz CT molecular complexity index is 742. The minimum absolute atomic E-state index is 0.0743. The molecule has 0 fully saturated rings. The first-order valence-corrected chi connectivity index (χ1v) is 8.46. The van der Waals surface area contributed by atoms with Crippen LogP contribution in [0.2, 0.25) is 5.02 Å². The molecule has 0 aliphatic rings. The number of hydrogen-bond donors (Lipinski definition) is 1. The summed E-state index contributed by atoms with van der Waals surface area (Å²) in [6.45, 7) is 9.77. The second-order valence-electron chi connectivity index (χ2n) is 6.25. The molecular formula is C20H24ClNO2. The van der Waals surface area contributed by atoms with E-state index in [0.29, 0.717) is 10.8 Å². The largest absolute Gasteiger partial charge is 0.481 e. The first-order chi connectivity index (χ1) is 11.3. The Morgan fingerprint density at radius 3 is 2.33 bits per heavy atom. The van der Waals surface area contributed by atoms with Gasteiger partial charge in [-0.15, -0.1) is 0 Å². The van der Waals surface area contributed by atoms with Gasteiger partial charge < -0.3 is 10.1 Å². The van der Waals surface area contributed by atoms with Crippen molar-refractivity contribution in [1.82, 2.24) is 5.32 Å². The molecule has 0 aromatic heterocycles. The Morgan fingerprint density at radius 2 is 1.71 bits per heavy atom. The molecule has 0 saturated carbocycles. The molecular weight excluding hydrogens is 322 g/mol. The van der Waals surface area contributed by atoms with Crippen LogP contribution in [0.25, 0.3) is 0 Å². The van der Waals surface area contributed by atoms with E-state index in [1.54, 1.807) is 19.1 Å². The van der Waals surface area contributed by atoms with Crippen LogP contribution >= 0.6 is 11.6 Å². The Labute approximate surface area is 149 Å². The molecule has 24 heavy (non-hydrogen) atoms. The number of carbonyl (C=O) groups excluding carboxylic acids is 1. The molecule has 4 heteroatoms. The number of rotatable bonds is 5. The molecule has 0 unspecified atom stereocenters. The number of nitrogens with one attached hydrogen (secondary N) is 1. The van der Waals surface area contributed by atoms with Crippen molar-refractivity contribution >= 4 is 17.5 Å². The number of hydrogen-bond acceptors (Lipinski definition) is 2. The fourth-order valence-electron chi connectivity index (χ4n) is 2.40. The van der Waals surface area contributed by atoms with Gasteiger partial charge in [-0.2, -0.15) is 0 Å². The minimum Gasteiger partial charge on any atom is -0.481 e. The normalized spacial score (nSPS) is 13.2. The third-order valence-electron chi connectivity index (χ3n) is 4.20. The fraction of sp³-hybridized carbons (Fsp3) is 0.350. The molecule has 1 N–H and O–H groups in total. The van der Waals surface area contributed by atoms with E-state index in [9.17, 15) is 4.79 Å². The first kappa shape index (κ1) is 18.3. The van der Waals surface area contributed by atoms with Crippen molar-refractivity contribution in [2.45, 2.75) is 46.8 Å². The third kappa shape index (κ3) is 4.51. The molecule has 2 rings (SSSR count). The number of aryl methyl sites for hydroxylation is 3. The number of halogens is 1. The number of benzene rings is 2. The van der Waals surface area contributed by atoms with Gasteiger partial charge in [0.2, 0.25) is 0 Å². The van der Waals surface area contributed by atoms with E-state index in [2.05, 4.69) is 31.3 Å². The SMILES string of the molecule is Cc1ccc([C@@H](C)NC(=O)[C@@H](C)Oc2ccc(Cl)c(C)c2)cc1C. The van der Waals surface area contributed by atoms with Crippen molar-refractivity contribution in [3.05, 3.63) is 63.7 Å². The van der Waals surface area contributed by atoms with Gasteiger partial charge in [0, 0.05) is 5.02 Å². The van der Waals surface area contributed by atoms with Crippen LogP contribution in [0.5, 0.6) is 5.75 Å². The van der Waals surface area contributed by atoms with E-state index in [0.717, 1.165) is 11.1 Å². The van der Waals surface area contributed by atoms with Crippen LogP contribution in [-0.2, 0) is 4.79 Å². The van der Waals surface area contributed by atoms with Crippen LogP contribution in [-0.4, -0.2) is 12.0 Å². The Morgan fingerprint density at radius 1 is 1.00 bits per heavy atom. The van der Waals surface area contributed by atoms with Crippen LogP contribution in [0, 0.1) is 20.8 Å². The fourth-order valence-corrected chi connectivity index (χ4v) is 2.51. The zero-order valence-electron chi connectivity index (χ0n) is 14.8. The molecule has 0 radical (unpaired) electrons. The highest BCUT2D eigenvalue weighted by molar-refractivity contribution is 6.31. The van der Waals surface area contributed by atoms with Crippen LogP contribution < -0.4 is 10.1 Å². The van der Waals surface area contributed by atoms with Crippen LogP contribution in [0.15, 0.2) is 36.4 Å². The van der Waals surface area contributed by atoms with E-state index >= 15 is 0 Å². The van der Waals surface area contributed by atoms with E-state index in [1.807, 2.05) is 26.0 Å². The van der Waals surface area contributed by atoms with Gasteiger partial charge in [0.25, 0.3) is 5.91 Å². The topological polar surface area (TPSA) is 38.3 Å². The summed E-state index contributed by atoms with van der Waals surface area (Å²) in [5.74, 6) is 0.492. The summed E-state index contributed by atoms with van der Waals surface area (Å²) < 4.78 is 5.72. The van der Waals surface area contributed by atoms with Gasteiger partial charge in [0.05, 0.1) is 6.04 Å². The second kappa shape index (κ2) is 7.71. The smallest absolute Gasteiger partial charge is 0.261 e. The highest BCUT2D eigenvalue weighted by Gasteiger charge is 2.18. The van der Waals surface area contributed by atoms with Crippen molar-refractivity contribution in [3.63, 3.8) is 0 Å². The highest BCUT2D eigenvalue weighted by Crippen LogP contribution is 2.22. The van der Waals surface area contributed by atoms with Gasteiger partial charge >= 0.3 is 0 Å². The average molecular weight is 346 g/mol. The van der Waals surface area contributed by atoms with Gasteiger partial charge in [0.1, 0.15) is 5.75 Å². The summed E-state index contributed by atoms with van der Waals surface area (Å²) in [7, 11) is 0. The molecule has 0 saturated heterocycles. The van der Waals surface area contributed by atoms with E-state index in [1.165, 1.54) is 11.1 Å². The summed E-state index contributed by atoms with van der Waals surface area (Å²) in [5.41, 5.74) is 4.47. The Kier molecular flexibility index (Phi) is 5.89. The molecule has 0 spiro atoms. The highest BCUT2D eigenvalue weighted by atomic mass is 35.5. The molecule has 1 amide bonds. The summed E-state index contributed by atoms with van der Waals surface area (Å²) >= 11 is 6.01. The first-order valence-electron chi connectivity index (χ1n) is 8.08. The van der Waals surface area contributed by atoms with Gasteiger partial charge in [-0.25, -0.2) is 0 Å². The van der Waals surface area contributed by atoms with Gasteiger partial charge in [0.15, 0.2) is 6.10 Å². The molecule has 2 atom stereocenters. The van der Waals surface area contributed by atoms with Crippen molar-refractivity contribution in [1.29, 1.82) is 0 Å². The number of carbonyl (C=O) groups is 1. The summed E-state index contributed by atoms with van der Waals surface area (Å²) in [6, 6.07) is 11.5. The summed E-state index contributed by atoms with van der Waals surface area (Å²) in [4.78, 5) is 12.4. The quantitative estimate of drug-likeness (QED) is 0.836. The maximum atomic E-state index is 12.4. The maximum Gasteiger partial charge on any atom is 0.261 e. The molecule has 2 aromatic rings. The molecule has 0 aliphatic carbocycles. The predicted molar refractivity (Wildman–Crippen MR) is 98.8 cm³/mol. The van der Waals surface area contributed by atoms with E-state index in [4.69, 9.17) is 16.3 Å². The lowest BCUT2D eigenvalue weighted by molar-refractivity contribution is -0.127. The lowest BCUT2D eigenvalue weighted by Gasteiger charge is -2.20. The lowest BCUT2D eigenvalue weighted by atomic mass is 10.0. The Hall–Kier alpha value is -2.00. The van der Waals surface area contributed by atoms with E-state index in [-0.39, 0.29) is 11.9 Å². The third-order valence-corrected chi connectivity index (χ3v) is 4.63.